The summed E-state index contributed by atoms with van der Waals surface area (Å²) in [7, 11) is 2.13. The maximum Gasteiger partial charge on any atom is 0.131 e. The van der Waals surface area contributed by atoms with Crippen LogP contribution < -0.4 is 5.32 Å². The predicted octanol–water partition coefficient (Wildman–Crippen LogP) is 0.259. The van der Waals surface area contributed by atoms with Gasteiger partial charge in [-0.05, 0) is 26.9 Å². The average molecular weight is 170 g/mol. The molecule has 1 atom stereocenters. The van der Waals surface area contributed by atoms with Gasteiger partial charge in [0.05, 0.1) is 0 Å². The van der Waals surface area contributed by atoms with Crippen LogP contribution in [0.4, 0.5) is 0 Å². The Kier molecular flexibility index (Phi) is 3.69. The lowest BCUT2D eigenvalue weighted by atomic mass is 10.2. The third-order valence-electron chi connectivity index (χ3n) is 2.30. The van der Waals surface area contributed by atoms with Crippen molar-refractivity contribution in [2.45, 2.75) is 25.8 Å². The quantitative estimate of drug-likeness (QED) is 0.657. The number of rotatable bonds is 4. The van der Waals surface area contributed by atoms with Gasteiger partial charge in [-0.3, -0.25) is 4.79 Å². The SMILES string of the molecule is CC(=O)CCNC1CCN(C)C1. The monoisotopic (exact) mass is 170 g/mol. The first-order valence-electron chi connectivity index (χ1n) is 4.60. The van der Waals surface area contributed by atoms with E-state index in [1.54, 1.807) is 6.92 Å². The third kappa shape index (κ3) is 3.32. The van der Waals surface area contributed by atoms with Gasteiger partial charge in [0.25, 0.3) is 0 Å². The molecule has 1 aliphatic heterocycles. The van der Waals surface area contributed by atoms with E-state index in [2.05, 4.69) is 17.3 Å². The molecule has 0 aliphatic carbocycles. The molecule has 3 heteroatoms. The Labute approximate surface area is 74.1 Å². The fourth-order valence-corrected chi connectivity index (χ4v) is 1.55. The van der Waals surface area contributed by atoms with E-state index >= 15 is 0 Å². The third-order valence-corrected chi connectivity index (χ3v) is 2.30. The first-order valence-corrected chi connectivity index (χ1v) is 4.60. The molecule has 0 aromatic heterocycles. The molecule has 1 saturated heterocycles. The van der Waals surface area contributed by atoms with Crippen molar-refractivity contribution in [3.63, 3.8) is 0 Å². The van der Waals surface area contributed by atoms with E-state index in [9.17, 15) is 4.79 Å². The highest BCUT2D eigenvalue weighted by molar-refractivity contribution is 5.75. The molecule has 1 fully saturated rings. The number of hydrogen-bond acceptors (Lipinski definition) is 3. The lowest BCUT2D eigenvalue weighted by Gasteiger charge is -2.11. The van der Waals surface area contributed by atoms with Gasteiger partial charge >= 0.3 is 0 Å². The highest BCUT2D eigenvalue weighted by atomic mass is 16.1. The smallest absolute Gasteiger partial charge is 0.131 e. The molecule has 1 N–H and O–H groups in total. The molecule has 0 spiro atoms. The van der Waals surface area contributed by atoms with Crippen molar-refractivity contribution in [2.75, 3.05) is 26.7 Å². The van der Waals surface area contributed by atoms with Crippen LogP contribution in [-0.2, 0) is 4.79 Å². The summed E-state index contributed by atoms with van der Waals surface area (Å²) in [6.07, 6.45) is 1.88. The minimum Gasteiger partial charge on any atom is -0.312 e. The van der Waals surface area contributed by atoms with E-state index in [4.69, 9.17) is 0 Å². The molecule has 0 aromatic carbocycles. The molecule has 12 heavy (non-hydrogen) atoms. The van der Waals surface area contributed by atoms with Crippen LogP contribution >= 0.6 is 0 Å². The first kappa shape index (κ1) is 9.68. The maximum absolute atomic E-state index is 10.6. The molecule has 0 amide bonds. The van der Waals surface area contributed by atoms with Gasteiger partial charge in [-0.1, -0.05) is 0 Å². The zero-order chi connectivity index (χ0) is 8.97. The number of likely N-dealkylation sites (N-methyl/N-ethyl adjacent to an activating group) is 1. The van der Waals surface area contributed by atoms with Gasteiger partial charge in [0.1, 0.15) is 5.78 Å². The van der Waals surface area contributed by atoms with Crippen molar-refractivity contribution in [3.05, 3.63) is 0 Å². The zero-order valence-corrected chi connectivity index (χ0v) is 7.97. The maximum atomic E-state index is 10.6. The topological polar surface area (TPSA) is 32.3 Å². The number of Topliss-reactive ketones (excluding diaryl/α,β-unsaturated/α-hetero) is 1. The molecule has 1 heterocycles. The summed E-state index contributed by atoms with van der Waals surface area (Å²) in [5, 5.41) is 3.38. The van der Waals surface area contributed by atoms with Gasteiger partial charge in [0.15, 0.2) is 0 Å². The lowest BCUT2D eigenvalue weighted by Crippen LogP contribution is -2.32. The highest BCUT2D eigenvalue weighted by Crippen LogP contribution is 2.05. The van der Waals surface area contributed by atoms with Crippen LogP contribution in [0.3, 0.4) is 0 Å². The van der Waals surface area contributed by atoms with E-state index in [1.165, 1.54) is 13.0 Å². The van der Waals surface area contributed by atoms with Crippen molar-refractivity contribution >= 4 is 5.78 Å². The number of carbonyl (C=O) groups excluding carboxylic acids is 1. The molecule has 0 saturated carbocycles. The van der Waals surface area contributed by atoms with Crippen LogP contribution in [0.5, 0.6) is 0 Å². The zero-order valence-electron chi connectivity index (χ0n) is 7.97. The van der Waals surface area contributed by atoms with E-state index in [0.717, 1.165) is 13.1 Å². The minimum atomic E-state index is 0.272. The van der Waals surface area contributed by atoms with Gasteiger partial charge < -0.3 is 10.2 Å². The van der Waals surface area contributed by atoms with Crippen LogP contribution in [0.25, 0.3) is 0 Å². The molecule has 0 aromatic rings. The molecule has 0 bridgehead atoms. The number of carbonyl (C=O) groups is 1. The Hall–Kier alpha value is -0.410. The molecular formula is C9H18N2O. The minimum absolute atomic E-state index is 0.272. The Morgan fingerprint density at radius 3 is 2.92 bits per heavy atom. The highest BCUT2D eigenvalue weighted by Gasteiger charge is 2.17. The fraction of sp³-hybridized carbons (Fsp3) is 0.889. The molecule has 1 unspecified atom stereocenters. The summed E-state index contributed by atoms with van der Waals surface area (Å²) < 4.78 is 0. The number of nitrogens with one attached hydrogen (secondary N) is 1. The number of likely N-dealkylation sites (tertiary alicyclic amines) is 1. The van der Waals surface area contributed by atoms with Crippen molar-refractivity contribution in [1.29, 1.82) is 0 Å². The van der Waals surface area contributed by atoms with Gasteiger partial charge in [0, 0.05) is 25.6 Å². The summed E-state index contributed by atoms with van der Waals surface area (Å²) in [6.45, 7) is 4.78. The van der Waals surface area contributed by atoms with Crippen molar-refractivity contribution < 1.29 is 4.79 Å². The molecule has 0 radical (unpaired) electrons. The second kappa shape index (κ2) is 4.58. The van der Waals surface area contributed by atoms with Crippen molar-refractivity contribution in [1.82, 2.24) is 10.2 Å². The predicted molar refractivity (Wildman–Crippen MR) is 49.2 cm³/mol. The van der Waals surface area contributed by atoms with Crippen LogP contribution in [-0.4, -0.2) is 43.4 Å². The van der Waals surface area contributed by atoms with Crippen LogP contribution in [0, 0.1) is 0 Å². The number of ketones is 1. The largest absolute Gasteiger partial charge is 0.312 e. The Morgan fingerprint density at radius 1 is 1.67 bits per heavy atom. The lowest BCUT2D eigenvalue weighted by molar-refractivity contribution is -0.116. The van der Waals surface area contributed by atoms with Gasteiger partial charge in [0.2, 0.25) is 0 Å². The second-order valence-electron chi connectivity index (χ2n) is 3.65. The molecule has 3 nitrogen and oxygen atoms in total. The fourth-order valence-electron chi connectivity index (χ4n) is 1.55. The summed E-state index contributed by atoms with van der Waals surface area (Å²) in [6, 6.07) is 0.606. The molecule has 1 aliphatic rings. The van der Waals surface area contributed by atoms with Gasteiger partial charge in [-0.25, -0.2) is 0 Å². The van der Waals surface area contributed by atoms with Crippen molar-refractivity contribution in [2.24, 2.45) is 0 Å². The van der Waals surface area contributed by atoms with Crippen LogP contribution in [0.1, 0.15) is 19.8 Å². The van der Waals surface area contributed by atoms with Crippen LogP contribution in [0.2, 0.25) is 0 Å². The normalized spacial score (nSPS) is 24.7. The summed E-state index contributed by atoms with van der Waals surface area (Å²) >= 11 is 0. The number of hydrogen-bond donors (Lipinski definition) is 1. The van der Waals surface area contributed by atoms with E-state index < -0.39 is 0 Å². The molecular weight excluding hydrogens is 152 g/mol. The summed E-state index contributed by atoms with van der Waals surface area (Å²) in [5.74, 6) is 0.272. The standard InChI is InChI=1S/C9H18N2O/c1-8(12)3-5-10-9-4-6-11(2)7-9/h9-10H,3-7H2,1-2H3. The molecule has 70 valence electrons. The number of nitrogens with zero attached hydrogens (tertiary/aromatic N) is 1. The molecule has 1 rings (SSSR count). The van der Waals surface area contributed by atoms with Gasteiger partial charge in [-0.15, -0.1) is 0 Å². The Bertz CT molecular complexity index is 159. The van der Waals surface area contributed by atoms with Gasteiger partial charge in [-0.2, -0.15) is 0 Å². The first-order chi connectivity index (χ1) is 5.68. The Balaban J connectivity index is 2.04. The summed E-state index contributed by atoms with van der Waals surface area (Å²) in [4.78, 5) is 12.9. The van der Waals surface area contributed by atoms with Crippen LogP contribution in [0.15, 0.2) is 0 Å². The Morgan fingerprint density at radius 2 is 2.42 bits per heavy atom. The van der Waals surface area contributed by atoms with E-state index in [1.807, 2.05) is 0 Å². The summed E-state index contributed by atoms with van der Waals surface area (Å²) in [5.41, 5.74) is 0. The average Bonchev–Trinajstić information content (AvgIpc) is 2.35. The van der Waals surface area contributed by atoms with E-state index in [0.29, 0.717) is 12.5 Å². The van der Waals surface area contributed by atoms with E-state index in [-0.39, 0.29) is 5.78 Å². The second-order valence-corrected chi connectivity index (χ2v) is 3.65. The van der Waals surface area contributed by atoms with Crippen molar-refractivity contribution in [3.8, 4) is 0 Å².